The Morgan fingerprint density at radius 2 is 2.32 bits per heavy atom. The second-order valence-electron chi connectivity index (χ2n) is 5.07. The molecule has 2 rings (SSSR count). The van der Waals surface area contributed by atoms with Crippen LogP contribution in [0.4, 0.5) is 0 Å². The lowest BCUT2D eigenvalue weighted by molar-refractivity contribution is 0.169. The molecule has 1 aromatic rings. The number of aliphatic hydroxyl groups is 1. The molecule has 3 unspecified atom stereocenters. The molecule has 2 N–H and O–H groups in total. The average molecular weight is 281 g/mol. The van der Waals surface area contributed by atoms with Crippen molar-refractivity contribution >= 4 is 11.8 Å². The topological polar surface area (TPSA) is 41.5 Å². The molecular formula is C15H23NO2S. The van der Waals surface area contributed by atoms with E-state index in [4.69, 9.17) is 4.74 Å². The van der Waals surface area contributed by atoms with Crippen LogP contribution < -0.4 is 10.1 Å². The third kappa shape index (κ3) is 4.13. The van der Waals surface area contributed by atoms with Crippen molar-refractivity contribution in [2.24, 2.45) is 0 Å². The molecular weight excluding hydrogens is 258 g/mol. The minimum atomic E-state index is -0.469. The molecule has 0 aliphatic heterocycles. The molecule has 0 spiro atoms. The standard InChI is InChI=1S/C15H23NO2S/c1-18-13-5-3-4-11(8-13)15(17)10-16-12-6-7-14(9-12)19-2/h3-5,8,12,14-17H,6-7,9-10H2,1-2H3. The lowest BCUT2D eigenvalue weighted by atomic mass is 10.1. The van der Waals surface area contributed by atoms with Crippen LogP contribution in [0.3, 0.4) is 0 Å². The van der Waals surface area contributed by atoms with Gasteiger partial charge in [0, 0.05) is 17.8 Å². The third-order valence-electron chi connectivity index (χ3n) is 3.80. The van der Waals surface area contributed by atoms with E-state index in [0.29, 0.717) is 12.6 Å². The van der Waals surface area contributed by atoms with Gasteiger partial charge in [0.1, 0.15) is 5.75 Å². The number of ether oxygens (including phenoxy) is 1. The van der Waals surface area contributed by atoms with E-state index in [2.05, 4.69) is 11.6 Å². The number of thioether (sulfide) groups is 1. The molecule has 1 aliphatic carbocycles. The van der Waals surface area contributed by atoms with Crippen molar-refractivity contribution < 1.29 is 9.84 Å². The summed E-state index contributed by atoms with van der Waals surface area (Å²) in [6.45, 7) is 0.610. The first-order chi connectivity index (χ1) is 9.22. The van der Waals surface area contributed by atoms with Crippen LogP contribution in [0.2, 0.25) is 0 Å². The first kappa shape index (κ1) is 14.7. The Balaban J connectivity index is 1.82. The number of methoxy groups -OCH3 is 1. The highest BCUT2D eigenvalue weighted by Crippen LogP contribution is 2.28. The van der Waals surface area contributed by atoms with Gasteiger partial charge in [-0.15, -0.1) is 0 Å². The molecule has 1 saturated carbocycles. The van der Waals surface area contributed by atoms with Crippen LogP contribution in [0.25, 0.3) is 0 Å². The minimum Gasteiger partial charge on any atom is -0.497 e. The van der Waals surface area contributed by atoms with Gasteiger partial charge >= 0.3 is 0 Å². The number of rotatable bonds is 6. The largest absolute Gasteiger partial charge is 0.497 e. The highest BCUT2D eigenvalue weighted by molar-refractivity contribution is 7.99. The molecule has 3 nitrogen and oxygen atoms in total. The summed E-state index contributed by atoms with van der Waals surface area (Å²) in [5.74, 6) is 0.792. The molecule has 0 aromatic heterocycles. The van der Waals surface area contributed by atoms with Gasteiger partial charge in [0.25, 0.3) is 0 Å². The van der Waals surface area contributed by atoms with Gasteiger partial charge in [-0.1, -0.05) is 12.1 Å². The molecule has 0 saturated heterocycles. The van der Waals surface area contributed by atoms with Gasteiger partial charge in [0.05, 0.1) is 13.2 Å². The molecule has 4 heteroatoms. The van der Waals surface area contributed by atoms with E-state index in [9.17, 15) is 5.11 Å². The van der Waals surface area contributed by atoms with E-state index in [1.54, 1.807) is 7.11 Å². The molecule has 1 aromatic carbocycles. The summed E-state index contributed by atoms with van der Waals surface area (Å²) in [4.78, 5) is 0. The van der Waals surface area contributed by atoms with Gasteiger partial charge in [-0.3, -0.25) is 0 Å². The second kappa shape index (κ2) is 7.17. The maximum absolute atomic E-state index is 10.2. The predicted molar refractivity (Wildman–Crippen MR) is 80.9 cm³/mol. The van der Waals surface area contributed by atoms with E-state index in [1.165, 1.54) is 19.3 Å². The van der Waals surface area contributed by atoms with E-state index < -0.39 is 6.10 Å². The number of hydrogen-bond acceptors (Lipinski definition) is 4. The normalized spacial score (nSPS) is 24.4. The first-order valence-electron chi connectivity index (χ1n) is 6.81. The number of nitrogens with one attached hydrogen (secondary N) is 1. The van der Waals surface area contributed by atoms with Crippen molar-refractivity contribution in [2.45, 2.75) is 36.7 Å². The fourth-order valence-corrected chi connectivity index (χ4v) is 3.38. The molecule has 0 radical (unpaired) electrons. The summed E-state index contributed by atoms with van der Waals surface area (Å²) in [6, 6.07) is 8.19. The molecule has 3 atom stereocenters. The van der Waals surface area contributed by atoms with Crippen molar-refractivity contribution in [2.75, 3.05) is 19.9 Å². The van der Waals surface area contributed by atoms with Crippen LogP contribution >= 0.6 is 11.8 Å². The number of aliphatic hydroxyl groups excluding tert-OH is 1. The monoisotopic (exact) mass is 281 g/mol. The Labute approximate surface area is 119 Å². The van der Waals surface area contributed by atoms with Gasteiger partial charge < -0.3 is 15.2 Å². The van der Waals surface area contributed by atoms with E-state index in [0.717, 1.165) is 16.6 Å². The predicted octanol–water partition coefficient (Wildman–Crippen LogP) is 2.60. The zero-order chi connectivity index (χ0) is 13.7. The fraction of sp³-hybridized carbons (Fsp3) is 0.600. The Morgan fingerprint density at radius 3 is 3.00 bits per heavy atom. The fourth-order valence-electron chi connectivity index (χ4n) is 2.58. The summed E-state index contributed by atoms with van der Waals surface area (Å²) < 4.78 is 5.18. The maximum Gasteiger partial charge on any atom is 0.119 e. The summed E-state index contributed by atoms with van der Waals surface area (Å²) in [7, 11) is 1.64. The minimum absolute atomic E-state index is 0.469. The third-order valence-corrected chi connectivity index (χ3v) is 4.89. The van der Waals surface area contributed by atoms with Crippen molar-refractivity contribution in [1.82, 2.24) is 5.32 Å². The summed E-state index contributed by atoms with van der Waals surface area (Å²) in [5, 5.41) is 14.5. The van der Waals surface area contributed by atoms with Crippen molar-refractivity contribution in [3.8, 4) is 5.75 Å². The van der Waals surface area contributed by atoms with Crippen LogP contribution in [0, 0.1) is 0 Å². The average Bonchev–Trinajstić information content (AvgIpc) is 2.93. The van der Waals surface area contributed by atoms with Crippen molar-refractivity contribution in [3.05, 3.63) is 29.8 Å². The second-order valence-corrected chi connectivity index (χ2v) is 6.21. The van der Waals surface area contributed by atoms with Gasteiger partial charge in [0.15, 0.2) is 0 Å². The Kier molecular flexibility index (Phi) is 5.55. The summed E-state index contributed by atoms with van der Waals surface area (Å²) in [5.41, 5.74) is 0.909. The number of benzene rings is 1. The lowest BCUT2D eigenvalue weighted by Gasteiger charge is -2.17. The quantitative estimate of drug-likeness (QED) is 0.841. The maximum atomic E-state index is 10.2. The molecule has 0 amide bonds. The van der Waals surface area contributed by atoms with Gasteiger partial charge in [-0.05, 0) is 43.2 Å². The van der Waals surface area contributed by atoms with Gasteiger partial charge in [0.2, 0.25) is 0 Å². The number of hydrogen-bond donors (Lipinski definition) is 2. The van der Waals surface area contributed by atoms with Gasteiger partial charge in [-0.25, -0.2) is 0 Å². The molecule has 19 heavy (non-hydrogen) atoms. The first-order valence-corrected chi connectivity index (χ1v) is 8.10. The molecule has 1 aliphatic rings. The van der Waals surface area contributed by atoms with Crippen LogP contribution in [0.15, 0.2) is 24.3 Å². The van der Waals surface area contributed by atoms with Gasteiger partial charge in [-0.2, -0.15) is 11.8 Å². The summed E-state index contributed by atoms with van der Waals surface area (Å²) >= 11 is 1.95. The SMILES string of the molecule is COc1cccc(C(O)CNC2CCC(SC)C2)c1. The van der Waals surface area contributed by atoms with E-state index >= 15 is 0 Å². The van der Waals surface area contributed by atoms with Crippen LogP contribution in [-0.2, 0) is 0 Å². The highest BCUT2D eigenvalue weighted by Gasteiger charge is 2.24. The Bertz CT molecular complexity index is 399. The Morgan fingerprint density at radius 1 is 1.47 bits per heavy atom. The molecule has 106 valence electrons. The van der Waals surface area contributed by atoms with Crippen LogP contribution in [0.1, 0.15) is 30.9 Å². The Hall–Kier alpha value is -0.710. The molecule has 0 bridgehead atoms. The van der Waals surface area contributed by atoms with E-state index in [1.807, 2.05) is 36.0 Å². The zero-order valence-corrected chi connectivity index (χ0v) is 12.5. The van der Waals surface area contributed by atoms with Crippen LogP contribution in [0.5, 0.6) is 5.75 Å². The van der Waals surface area contributed by atoms with Crippen molar-refractivity contribution in [3.63, 3.8) is 0 Å². The highest BCUT2D eigenvalue weighted by atomic mass is 32.2. The molecule has 1 fully saturated rings. The molecule has 0 heterocycles. The van der Waals surface area contributed by atoms with Crippen molar-refractivity contribution in [1.29, 1.82) is 0 Å². The summed E-state index contributed by atoms with van der Waals surface area (Å²) in [6.07, 6.45) is 5.43. The van der Waals surface area contributed by atoms with E-state index in [-0.39, 0.29) is 0 Å². The lowest BCUT2D eigenvalue weighted by Crippen LogP contribution is -2.31. The smallest absolute Gasteiger partial charge is 0.119 e. The zero-order valence-electron chi connectivity index (χ0n) is 11.6. The van der Waals surface area contributed by atoms with Crippen LogP contribution in [-0.4, -0.2) is 36.3 Å².